The Bertz CT molecular complexity index is 568. The van der Waals surface area contributed by atoms with E-state index in [0.717, 1.165) is 19.4 Å². The Labute approximate surface area is 141 Å². The molecular formula is C18H24FNO4. The molecule has 1 aromatic carbocycles. The highest BCUT2D eigenvalue weighted by Gasteiger charge is 2.45. The van der Waals surface area contributed by atoms with E-state index in [1.165, 1.54) is 12.1 Å². The van der Waals surface area contributed by atoms with Crippen LogP contribution in [0.1, 0.15) is 12.8 Å². The summed E-state index contributed by atoms with van der Waals surface area (Å²) >= 11 is 0. The maximum atomic E-state index is 13.3. The van der Waals surface area contributed by atoms with Gasteiger partial charge in [-0.25, -0.2) is 4.39 Å². The highest BCUT2D eigenvalue weighted by atomic mass is 19.1. The number of nitrogens with zero attached hydrogens (tertiary/aromatic N) is 1. The van der Waals surface area contributed by atoms with Gasteiger partial charge in [0, 0.05) is 32.2 Å². The van der Waals surface area contributed by atoms with E-state index in [1.807, 2.05) is 4.90 Å². The van der Waals surface area contributed by atoms with E-state index in [-0.39, 0.29) is 24.4 Å². The van der Waals surface area contributed by atoms with Gasteiger partial charge in [0.05, 0.1) is 13.2 Å². The number of likely N-dealkylation sites (tertiary alicyclic amines) is 1. The number of halogens is 1. The lowest BCUT2D eigenvalue weighted by molar-refractivity contribution is -0.135. The van der Waals surface area contributed by atoms with Crippen LogP contribution < -0.4 is 4.74 Å². The third kappa shape index (κ3) is 4.05. The fourth-order valence-electron chi connectivity index (χ4n) is 3.67. The van der Waals surface area contributed by atoms with E-state index >= 15 is 0 Å². The van der Waals surface area contributed by atoms with Gasteiger partial charge in [-0.1, -0.05) is 6.07 Å². The van der Waals surface area contributed by atoms with Gasteiger partial charge in [-0.05, 0) is 30.9 Å². The SMILES string of the molecule is COCCOCC(=O)N1C[C@@H]2CC[C@H](Oc3cccc(F)c3)[C@@H]2C1. The van der Waals surface area contributed by atoms with Gasteiger partial charge in [0.1, 0.15) is 24.3 Å². The minimum atomic E-state index is -0.293. The van der Waals surface area contributed by atoms with Crippen LogP contribution in [0.4, 0.5) is 4.39 Å². The molecule has 0 spiro atoms. The van der Waals surface area contributed by atoms with Crippen molar-refractivity contribution in [3.63, 3.8) is 0 Å². The summed E-state index contributed by atoms with van der Waals surface area (Å²) in [7, 11) is 1.60. The first-order valence-corrected chi connectivity index (χ1v) is 8.44. The molecule has 24 heavy (non-hydrogen) atoms. The number of carbonyl (C=O) groups is 1. The van der Waals surface area contributed by atoms with E-state index in [1.54, 1.807) is 19.2 Å². The molecule has 1 aromatic rings. The monoisotopic (exact) mass is 337 g/mol. The fraction of sp³-hybridized carbons (Fsp3) is 0.611. The van der Waals surface area contributed by atoms with Crippen LogP contribution in [0.15, 0.2) is 24.3 Å². The van der Waals surface area contributed by atoms with E-state index in [9.17, 15) is 9.18 Å². The lowest BCUT2D eigenvalue weighted by Crippen LogP contribution is -2.35. The van der Waals surface area contributed by atoms with Crippen molar-refractivity contribution in [1.29, 1.82) is 0 Å². The average molecular weight is 337 g/mol. The van der Waals surface area contributed by atoms with Crippen molar-refractivity contribution in [2.24, 2.45) is 11.8 Å². The number of ether oxygens (including phenoxy) is 3. The number of amides is 1. The lowest BCUT2D eigenvalue weighted by atomic mass is 9.99. The molecule has 3 atom stereocenters. The van der Waals surface area contributed by atoms with Crippen molar-refractivity contribution in [2.45, 2.75) is 18.9 Å². The molecule has 0 unspecified atom stereocenters. The van der Waals surface area contributed by atoms with Crippen molar-refractivity contribution in [3.8, 4) is 5.75 Å². The second kappa shape index (κ2) is 7.94. The van der Waals surface area contributed by atoms with Crippen LogP contribution in [0.25, 0.3) is 0 Å². The van der Waals surface area contributed by atoms with Crippen LogP contribution in [0.3, 0.4) is 0 Å². The Kier molecular flexibility index (Phi) is 5.68. The van der Waals surface area contributed by atoms with Crippen molar-refractivity contribution in [2.75, 3.05) is 40.0 Å². The maximum absolute atomic E-state index is 13.3. The molecule has 0 bridgehead atoms. The largest absolute Gasteiger partial charge is 0.490 e. The Hall–Kier alpha value is -1.66. The Morgan fingerprint density at radius 3 is 2.96 bits per heavy atom. The zero-order valence-electron chi connectivity index (χ0n) is 13.9. The molecule has 1 heterocycles. The predicted octanol–water partition coefficient (Wildman–Crippen LogP) is 2.10. The standard InChI is InChI=1S/C18H24FNO4/c1-22-7-8-23-12-18(21)20-10-13-5-6-17(16(13)11-20)24-15-4-2-3-14(19)9-15/h2-4,9,13,16-17H,5-8,10-12H2,1H3/t13-,16+,17-/m0/s1. The van der Waals surface area contributed by atoms with Crippen LogP contribution in [-0.4, -0.2) is 56.9 Å². The summed E-state index contributed by atoms with van der Waals surface area (Å²) in [6.07, 6.45) is 2.04. The second-order valence-electron chi connectivity index (χ2n) is 6.46. The van der Waals surface area contributed by atoms with E-state index < -0.39 is 0 Å². The molecule has 1 saturated heterocycles. The average Bonchev–Trinajstić information content (AvgIpc) is 3.14. The van der Waals surface area contributed by atoms with Crippen LogP contribution in [0.5, 0.6) is 5.75 Å². The van der Waals surface area contributed by atoms with Gasteiger partial charge in [0.2, 0.25) is 5.91 Å². The van der Waals surface area contributed by atoms with Crippen LogP contribution in [0.2, 0.25) is 0 Å². The van der Waals surface area contributed by atoms with Gasteiger partial charge in [-0.2, -0.15) is 0 Å². The minimum Gasteiger partial charge on any atom is -0.490 e. The summed E-state index contributed by atoms with van der Waals surface area (Å²) in [6.45, 7) is 2.46. The highest BCUT2D eigenvalue weighted by molar-refractivity contribution is 5.77. The van der Waals surface area contributed by atoms with Crippen molar-refractivity contribution < 1.29 is 23.4 Å². The number of rotatable bonds is 7. The molecule has 2 aliphatic rings. The van der Waals surface area contributed by atoms with Gasteiger partial charge in [0.25, 0.3) is 0 Å². The molecule has 1 aliphatic carbocycles. The number of hydrogen-bond acceptors (Lipinski definition) is 4. The fourth-order valence-corrected chi connectivity index (χ4v) is 3.67. The molecule has 1 saturated carbocycles. The van der Waals surface area contributed by atoms with Crippen molar-refractivity contribution in [1.82, 2.24) is 4.90 Å². The third-order valence-electron chi connectivity index (χ3n) is 4.88. The van der Waals surface area contributed by atoms with E-state index in [0.29, 0.717) is 37.3 Å². The Balaban J connectivity index is 1.51. The summed E-state index contributed by atoms with van der Waals surface area (Å²) in [5.41, 5.74) is 0. The first kappa shape index (κ1) is 17.2. The molecule has 0 radical (unpaired) electrons. The number of benzene rings is 1. The van der Waals surface area contributed by atoms with Crippen molar-refractivity contribution >= 4 is 5.91 Å². The molecule has 5 nitrogen and oxygen atoms in total. The zero-order valence-corrected chi connectivity index (χ0v) is 13.9. The molecular weight excluding hydrogens is 313 g/mol. The van der Waals surface area contributed by atoms with Crippen molar-refractivity contribution in [3.05, 3.63) is 30.1 Å². The Morgan fingerprint density at radius 2 is 2.17 bits per heavy atom. The molecule has 3 rings (SSSR count). The first-order valence-electron chi connectivity index (χ1n) is 8.44. The summed E-state index contributed by atoms with van der Waals surface area (Å²) in [4.78, 5) is 14.1. The molecule has 1 amide bonds. The van der Waals surface area contributed by atoms with Crippen LogP contribution in [0, 0.1) is 17.7 Å². The first-order chi connectivity index (χ1) is 11.7. The van der Waals surface area contributed by atoms with Gasteiger partial charge in [0.15, 0.2) is 0 Å². The number of methoxy groups -OCH3 is 1. The molecule has 6 heteroatoms. The van der Waals surface area contributed by atoms with Gasteiger partial charge >= 0.3 is 0 Å². The van der Waals surface area contributed by atoms with Gasteiger partial charge in [-0.15, -0.1) is 0 Å². The zero-order chi connectivity index (χ0) is 16.9. The molecule has 0 N–H and O–H groups in total. The molecule has 2 fully saturated rings. The number of fused-ring (bicyclic) bond motifs is 1. The molecule has 0 aromatic heterocycles. The second-order valence-corrected chi connectivity index (χ2v) is 6.46. The summed E-state index contributed by atoms with van der Waals surface area (Å²) in [6, 6.07) is 6.25. The quantitative estimate of drug-likeness (QED) is 0.715. The van der Waals surface area contributed by atoms with Gasteiger partial charge < -0.3 is 19.1 Å². The van der Waals surface area contributed by atoms with E-state index in [4.69, 9.17) is 14.2 Å². The summed E-state index contributed by atoms with van der Waals surface area (Å²) in [5.74, 6) is 1.07. The van der Waals surface area contributed by atoms with Crippen LogP contribution in [-0.2, 0) is 14.3 Å². The van der Waals surface area contributed by atoms with Crippen LogP contribution >= 0.6 is 0 Å². The third-order valence-corrected chi connectivity index (χ3v) is 4.88. The topological polar surface area (TPSA) is 48.0 Å². The van der Waals surface area contributed by atoms with E-state index in [2.05, 4.69) is 0 Å². The van der Waals surface area contributed by atoms with Gasteiger partial charge in [-0.3, -0.25) is 4.79 Å². The lowest BCUT2D eigenvalue weighted by Gasteiger charge is -2.22. The Morgan fingerprint density at radius 1 is 1.29 bits per heavy atom. The summed E-state index contributed by atoms with van der Waals surface area (Å²) in [5, 5.41) is 0. The highest BCUT2D eigenvalue weighted by Crippen LogP contribution is 2.40. The maximum Gasteiger partial charge on any atom is 0.248 e. The number of carbonyl (C=O) groups excluding carboxylic acids is 1. The molecule has 1 aliphatic heterocycles. The normalized spacial score (nSPS) is 25.8. The minimum absolute atomic E-state index is 0.0185. The number of hydrogen-bond donors (Lipinski definition) is 0. The summed E-state index contributed by atoms with van der Waals surface area (Å²) < 4.78 is 29.5. The predicted molar refractivity (Wildman–Crippen MR) is 86.3 cm³/mol. The smallest absolute Gasteiger partial charge is 0.248 e. The molecule has 132 valence electrons.